The number of esters is 2. The van der Waals surface area contributed by atoms with Crippen molar-refractivity contribution in [3.05, 3.63) is 86.2 Å². The summed E-state index contributed by atoms with van der Waals surface area (Å²) in [5.41, 5.74) is 2.04. The molecule has 3 atom stereocenters. The molecule has 3 aliphatic rings. The second-order valence-electron chi connectivity index (χ2n) is 12.3. The van der Waals surface area contributed by atoms with Crippen molar-refractivity contribution in [3.8, 4) is 5.75 Å². The minimum atomic E-state index is -1.12. The minimum Gasteiger partial charge on any atom is -0.496 e. The second kappa shape index (κ2) is 16.7. The van der Waals surface area contributed by atoms with E-state index in [1.807, 2.05) is 24.3 Å². The Labute approximate surface area is 296 Å². The number of nitrogens with zero attached hydrogens (tertiary/aromatic N) is 1. The standard InChI is InChI=1S/C36H42Cl2N4O7/c1-47-29-10-5-4-7-21(29)11-12-26-32(35(45)48-2)34(31-24(37)8-6-9-25(31)38)33(36(46)49-3)27(41-26)18-30(44)42-16-15-40-20-23(42)17-28(43)22-13-14-39-19-22/h4-10,22-23,34,39-41H,11-20H2,1-3H3. The molecule has 0 bridgehead atoms. The molecule has 49 heavy (non-hydrogen) atoms. The smallest absolute Gasteiger partial charge is 0.336 e. The summed E-state index contributed by atoms with van der Waals surface area (Å²) in [7, 11) is 4.07. The van der Waals surface area contributed by atoms with Gasteiger partial charge in [-0.2, -0.15) is 0 Å². The molecule has 2 fully saturated rings. The van der Waals surface area contributed by atoms with Crippen LogP contribution in [-0.4, -0.2) is 88.6 Å². The van der Waals surface area contributed by atoms with Crippen LogP contribution in [0, 0.1) is 5.92 Å². The van der Waals surface area contributed by atoms with E-state index >= 15 is 0 Å². The summed E-state index contributed by atoms with van der Waals surface area (Å²) in [5.74, 6) is -2.12. The number of methoxy groups -OCH3 is 3. The maximum absolute atomic E-state index is 14.2. The van der Waals surface area contributed by atoms with Crippen LogP contribution in [0.5, 0.6) is 5.75 Å². The monoisotopic (exact) mass is 712 g/mol. The van der Waals surface area contributed by atoms with Crippen LogP contribution in [0.2, 0.25) is 10.0 Å². The van der Waals surface area contributed by atoms with E-state index in [1.165, 1.54) is 14.2 Å². The van der Waals surface area contributed by atoms with Gasteiger partial charge in [0.05, 0.1) is 50.9 Å². The van der Waals surface area contributed by atoms with E-state index in [4.69, 9.17) is 37.4 Å². The fourth-order valence-corrected chi connectivity index (χ4v) is 7.56. The van der Waals surface area contributed by atoms with Gasteiger partial charge in [-0.15, -0.1) is 0 Å². The normalized spacial score (nSPS) is 20.9. The first-order valence-electron chi connectivity index (χ1n) is 16.4. The summed E-state index contributed by atoms with van der Waals surface area (Å²) in [6.07, 6.45) is 1.52. The third kappa shape index (κ3) is 8.12. The second-order valence-corrected chi connectivity index (χ2v) is 13.1. The number of Topliss-reactive ketones (excluding diaryl/α,β-unsaturated/α-hetero) is 1. The largest absolute Gasteiger partial charge is 0.496 e. The number of amides is 1. The molecule has 3 heterocycles. The predicted molar refractivity (Wildman–Crippen MR) is 185 cm³/mol. The van der Waals surface area contributed by atoms with Crippen LogP contribution in [0.1, 0.15) is 42.7 Å². The molecule has 5 rings (SSSR count). The number of carbonyl (C=O) groups is 4. The third-order valence-corrected chi connectivity index (χ3v) is 10.1. The zero-order chi connectivity index (χ0) is 35.1. The number of allylic oxidation sites excluding steroid dienone is 1. The molecule has 2 aromatic carbocycles. The van der Waals surface area contributed by atoms with Crippen molar-refractivity contribution in [3.63, 3.8) is 0 Å². The number of ketones is 1. The molecule has 2 aromatic rings. The summed E-state index contributed by atoms with van der Waals surface area (Å²) in [6.45, 7) is 2.87. The third-order valence-electron chi connectivity index (χ3n) is 9.42. The summed E-state index contributed by atoms with van der Waals surface area (Å²) < 4.78 is 16.1. The number of dihydropyridines is 1. The Bertz CT molecular complexity index is 1630. The Morgan fingerprint density at radius 3 is 2.16 bits per heavy atom. The first-order chi connectivity index (χ1) is 23.7. The number of halogens is 2. The zero-order valence-electron chi connectivity index (χ0n) is 27.9. The lowest BCUT2D eigenvalue weighted by Gasteiger charge is -2.38. The number of ether oxygens (including phenoxy) is 3. The summed E-state index contributed by atoms with van der Waals surface area (Å²) in [6, 6.07) is 12.1. The average molecular weight is 714 g/mol. The Morgan fingerprint density at radius 2 is 1.51 bits per heavy atom. The van der Waals surface area contributed by atoms with Crippen molar-refractivity contribution in [2.45, 2.75) is 44.1 Å². The highest BCUT2D eigenvalue weighted by Gasteiger charge is 2.42. The zero-order valence-corrected chi connectivity index (χ0v) is 29.4. The number of rotatable bonds is 12. The molecular weight excluding hydrogens is 671 g/mol. The lowest BCUT2D eigenvalue weighted by atomic mass is 9.78. The molecule has 1 amide bonds. The minimum absolute atomic E-state index is 0.0204. The highest BCUT2D eigenvalue weighted by atomic mass is 35.5. The van der Waals surface area contributed by atoms with Crippen LogP contribution in [0.3, 0.4) is 0 Å². The first-order valence-corrected chi connectivity index (χ1v) is 17.1. The van der Waals surface area contributed by atoms with Crippen LogP contribution in [-0.2, 0) is 35.1 Å². The van der Waals surface area contributed by atoms with Gasteiger partial charge in [0, 0.05) is 65.5 Å². The van der Waals surface area contributed by atoms with E-state index in [1.54, 1.807) is 30.2 Å². The molecular formula is C36H42Cl2N4O7. The number of hydrogen-bond acceptors (Lipinski definition) is 10. The molecule has 11 nitrogen and oxygen atoms in total. The number of nitrogens with one attached hydrogen (secondary N) is 3. The fourth-order valence-electron chi connectivity index (χ4n) is 6.95. The molecule has 3 aliphatic heterocycles. The van der Waals surface area contributed by atoms with Crippen LogP contribution < -0.4 is 20.7 Å². The van der Waals surface area contributed by atoms with E-state index in [9.17, 15) is 19.2 Å². The molecule has 3 unspecified atom stereocenters. The molecule has 0 spiro atoms. The highest BCUT2D eigenvalue weighted by Crippen LogP contribution is 2.46. The van der Waals surface area contributed by atoms with E-state index in [2.05, 4.69) is 16.0 Å². The van der Waals surface area contributed by atoms with Gasteiger partial charge in [0.15, 0.2) is 0 Å². The number of carbonyl (C=O) groups excluding carboxylic acids is 4. The van der Waals surface area contributed by atoms with E-state index in [-0.39, 0.29) is 69.8 Å². The maximum Gasteiger partial charge on any atom is 0.336 e. The van der Waals surface area contributed by atoms with Crippen LogP contribution in [0.15, 0.2) is 65.0 Å². The number of hydrogen-bond donors (Lipinski definition) is 3. The van der Waals surface area contributed by atoms with Gasteiger partial charge in [-0.25, -0.2) is 9.59 Å². The van der Waals surface area contributed by atoms with Gasteiger partial charge in [0.25, 0.3) is 0 Å². The molecule has 3 N–H and O–H groups in total. The lowest BCUT2D eigenvalue weighted by molar-refractivity contribution is -0.137. The maximum atomic E-state index is 14.2. The van der Waals surface area contributed by atoms with Crippen molar-refractivity contribution in [2.75, 3.05) is 54.1 Å². The van der Waals surface area contributed by atoms with Gasteiger partial charge in [0.2, 0.25) is 5.91 Å². The van der Waals surface area contributed by atoms with Crippen LogP contribution in [0.25, 0.3) is 0 Å². The van der Waals surface area contributed by atoms with Crippen molar-refractivity contribution < 1.29 is 33.4 Å². The topological polar surface area (TPSA) is 135 Å². The van der Waals surface area contributed by atoms with Crippen LogP contribution >= 0.6 is 23.2 Å². The van der Waals surface area contributed by atoms with E-state index < -0.39 is 17.9 Å². The van der Waals surface area contributed by atoms with Crippen molar-refractivity contribution in [1.82, 2.24) is 20.9 Å². The fraction of sp³-hybridized carbons (Fsp3) is 0.444. The molecule has 13 heteroatoms. The Balaban J connectivity index is 1.58. The summed E-state index contributed by atoms with van der Waals surface area (Å²) in [5, 5.41) is 10.3. The van der Waals surface area contributed by atoms with Crippen LogP contribution in [0.4, 0.5) is 0 Å². The van der Waals surface area contributed by atoms with E-state index in [0.717, 1.165) is 18.5 Å². The van der Waals surface area contributed by atoms with Crippen molar-refractivity contribution >= 4 is 46.8 Å². The Morgan fingerprint density at radius 1 is 0.837 bits per heavy atom. The van der Waals surface area contributed by atoms with Crippen molar-refractivity contribution in [1.29, 1.82) is 0 Å². The molecule has 0 saturated carbocycles. The lowest BCUT2D eigenvalue weighted by Crippen LogP contribution is -2.55. The Kier molecular flexibility index (Phi) is 12.4. The molecule has 2 saturated heterocycles. The Hall–Kier alpha value is -3.90. The summed E-state index contributed by atoms with van der Waals surface area (Å²) >= 11 is 13.5. The average Bonchev–Trinajstić information content (AvgIpc) is 3.66. The van der Waals surface area contributed by atoms with Gasteiger partial charge in [-0.05, 0) is 49.6 Å². The number of aryl methyl sites for hydroxylation is 1. The molecule has 0 radical (unpaired) electrons. The highest BCUT2D eigenvalue weighted by molar-refractivity contribution is 6.36. The number of para-hydroxylation sites is 1. The van der Waals surface area contributed by atoms with Gasteiger partial charge in [-0.1, -0.05) is 47.5 Å². The first kappa shape index (κ1) is 36.4. The number of piperazine rings is 1. The predicted octanol–water partition coefficient (Wildman–Crippen LogP) is 3.94. The van der Waals surface area contributed by atoms with Gasteiger partial charge >= 0.3 is 11.9 Å². The quantitative estimate of drug-likeness (QED) is 0.278. The SMILES string of the molecule is COC(=O)C1=C(CCc2ccccc2OC)NC(CC(=O)N2CCNCC2CC(=O)C2CCNC2)=C(C(=O)OC)C1c1c(Cl)cccc1Cl. The van der Waals surface area contributed by atoms with E-state index in [0.29, 0.717) is 49.6 Å². The van der Waals surface area contributed by atoms with Gasteiger partial charge < -0.3 is 35.1 Å². The molecule has 0 aliphatic carbocycles. The summed E-state index contributed by atoms with van der Waals surface area (Å²) in [4.78, 5) is 56.5. The molecule has 262 valence electrons. The molecule has 0 aromatic heterocycles. The van der Waals surface area contributed by atoms with Gasteiger partial charge in [0.1, 0.15) is 11.5 Å². The number of benzene rings is 2. The van der Waals surface area contributed by atoms with Gasteiger partial charge in [-0.3, -0.25) is 9.59 Å². The van der Waals surface area contributed by atoms with Crippen molar-refractivity contribution in [2.24, 2.45) is 5.92 Å².